The molecule has 0 radical (unpaired) electrons. The molecule has 1 aliphatic rings. The molecule has 1 heterocycles. The second-order valence-corrected chi connectivity index (χ2v) is 7.60. The third kappa shape index (κ3) is 4.03. The number of carbonyl (C=O) groups is 2. The molecule has 0 saturated carbocycles. The topological polar surface area (TPSA) is 98.1 Å². The van der Waals surface area contributed by atoms with Crippen LogP contribution < -0.4 is 0 Å². The minimum Gasteiger partial charge on any atom is -0.504 e. The minimum absolute atomic E-state index is 0.197. The first-order valence-electron chi connectivity index (χ1n) is 6.86. The molecule has 1 atom stereocenters. The van der Waals surface area contributed by atoms with Crippen molar-refractivity contribution in [1.29, 1.82) is 0 Å². The second kappa shape index (κ2) is 7.91. The fraction of sp³-hybridized carbons (Fsp3) is 0.267. The lowest BCUT2D eigenvalue weighted by Gasteiger charge is -2.22. The van der Waals surface area contributed by atoms with Crippen LogP contribution in [0.2, 0.25) is 0 Å². The van der Waals surface area contributed by atoms with Gasteiger partial charge in [-0.2, -0.15) is 11.8 Å². The Morgan fingerprint density at radius 3 is 2.71 bits per heavy atom. The van der Waals surface area contributed by atoms with Crippen LogP contribution in [0.1, 0.15) is 12.0 Å². The summed E-state index contributed by atoms with van der Waals surface area (Å²) in [7, 11) is 0. The van der Waals surface area contributed by atoms with Crippen molar-refractivity contribution in [2.45, 2.75) is 12.5 Å². The van der Waals surface area contributed by atoms with Crippen LogP contribution in [0.4, 0.5) is 0 Å². The summed E-state index contributed by atoms with van der Waals surface area (Å²) in [5.74, 6) is -1.53. The Hall–Kier alpha value is -1.71. The lowest BCUT2D eigenvalue weighted by molar-refractivity contribution is -0.145. The van der Waals surface area contributed by atoms with Gasteiger partial charge in [-0.15, -0.1) is 0 Å². The molecule has 9 heteroatoms. The summed E-state index contributed by atoms with van der Waals surface area (Å²) in [5, 5.41) is 28.2. The number of carboxylic acid groups (broad SMARTS) is 1. The molecule has 0 aliphatic carbocycles. The maximum absolute atomic E-state index is 12.5. The Labute approximate surface area is 152 Å². The van der Waals surface area contributed by atoms with Crippen LogP contribution in [-0.2, 0) is 9.59 Å². The molecule has 3 N–H and O–H groups in total. The van der Waals surface area contributed by atoms with Gasteiger partial charge in [0.2, 0.25) is 0 Å². The first-order valence-corrected chi connectivity index (χ1v) is 9.47. The zero-order chi connectivity index (χ0) is 17.9. The van der Waals surface area contributed by atoms with E-state index < -0.39 is 17.9 Å². The number of aliphatic carboxylic acids is 1. The first-order chi connectivity index (χ1) is 11.3. The number of thioether (sulfide) groups is 2. The van der Waals surface area contributed by atoms with E-state index in [4.69, 9.17) is 12.2 Å². The average Bonchev–Trinajstić information content (AvgIpc) is 2.78. The summed E-state index contributed by atoms with van der Waals surface area (Å²) in [5.41, 5.74) is 0.502. The van der Waals surface area contributed by atoms with Gasteiger partial charge in [0.15, 0.2) is 11.5 Å². The number of amides is 1. The molecular weight excluding hydrogens is 370 g/mol. The zero-order valence-electron chi connectivity index (χ0n) is 12.6. The van der Waals surface area contributed by atoms with Crippen molar-refractivity contribution in [2.75, 3.05) is 12.0 Å². The third-order valence-corrected chi connectivity index (χ3v) is 5.29. The molecule has 2 rings (SSSR count). The lowest BCUT2D eigenvalue weighted by Crippen LogP contribution is -2.44. The molecule has 24 heavy (non-hydrogen) atoms. The van der Waals surface area contributed by atoms with Gasteiger partial charge in [-0.3, -0.25) is 9.69 Å². The van der Waals surface area contributed by atoms with E-state index in [0.29, 0.717) is 17.7 Å². The number of rotatable bonds is 6. The highest BCUT2D eigenvalue weighted by Crippen LogP contribution is 2.36. The summed E-state index contributed by atoms with van der Waals surface area (Å²) in [4.78, 5) is 25.4. The number of carboxylic acids is 1. The summed E-state index contributed by atoms with van der Waals surface area (Å²) >= 11 is 7.69. The maximum Gasteiger partial charge on any atom is 0.326 e. The highest BCUT2D eigenvalue weighted by atomic mass is 32.2. The minimum atomic E-state index is -1.09. The van der Waals surface area contributed by atoms with Gasteiger partial charge in [0.05, 0.1) is 4.91 Å². The molecule has 128 valence electrons. The van der Waals surface area contributed by atoms with E-state index in [-0.39, 0.29) is 20.7 Å². The van der Waals surface area contributed by atoms with Crippen molar-refractivity contribution in [1.82, 2.24) is 4.90 Å². The Morgan fingerprint density at radius 1 is 1.42 bits per heavy atom. The molecule has 0 unspecified atom stereocenters. The van der Waals surface area contributed by atoms with E-state index in [2.05, 4.69) is 0 Å². The fourth-order valence-electron chi connectivity index (χ4n) is 2.12. The number of aromatic hydroxyl groups is 2. The van der Waals surface area contributed by atoms with Gasteiger partial charge >= 0.3 is 5.97 Å². The Morgan fingerprint density at radius 2 is 2.12 bits per heavy atom. The predicted octanol–water partition coefficient (Wildman–Crippen LogP) is 2.51. The third-order valence-electron chi connectivity index (χ3n) is 3.31. The van der Waals surface area contributed by atoms with E-state index in [9.17, 15) is 24.9 Å². The molecule has 1 aromatic rings. The predicted molar refractivity (Wildman–Crippen MR) is 99.2 cm³/mol. The van der Waals surface area contributed by atoms with E-state index in [0.717, 1.165) is 16.7 Å². The van der Waals surface area contributed by atoms with Crippen molar-refractivity contribution in [3.8, 4) is 11.5 Å². The van der Waals surface area contributed by atoms with Crippen LogP contribution in [0.25, 0.3) is 6.08 Å². The quantitative estimate of drug-likeness (QED) is 0.390. The summed E-state index contributed by atoms with van der Waals surface area (Å²) < 4.78 is 0.197. The highest BCUT2D eigenvalue weighted by molar-refractivity contribution is 8.26. The number of phenolic OH excluding ortho intramolecular Hbond substituents is 2. The number of hydrogen-bond acceptors (Lipinski definition) is 7. The van der Waals surface area contributed by atoms with Gasteiger partial charge in [0.25, 0.3) is 5.91 Å². The number of carbonyl (C=O) groups excluding carboxylic acids is 1. The van der Waals surface area contributed by atoms with Crippen molar-refractivity contribution < 1.29 is 24.9 Å². The van der Waals surface area contributed by atoms with Crippen molar-refractivity contribution in [2.24, 2.45) is 0 Å². The Bertz CT molecular complexity index is 719. The zero-order valence-corrected chi connectivity index (χ0v) is 15.1. The lowest BCUT2D eigenvalue weighted by atomic mass is 10.1. The van der Waals surface area contributed by atoms with E-state index in [1.54, 1.807) is 0 Å². The van der Waals surface area contributed by atoms with E-state index >= 15 is 0 Å². The normalized spacial score (nSPS) is 17.5. The average molecular weight is 385 g/mol. The van der Waals surface area contributed by atoms with E-state index in [1.807, 2.05) is 6.26 Å². The van der Waals surface area contributed by atoms with Crippen molar-refractivity contribution >= 4 is 58.0 Å². The van der Waals surface area contributed by atoms with Crippen LogP contribution in [0.15, 0.2) is 23.1 Å². The molecule has 6 nitrogen and oxygen atoms in total. The van der Waals surface area contributed by atoms with Gasteiger partial charge in [0.1, 0.15) is 10.4 Å². The van der Waals surface area contributed by atoms with Gasteiger partial charge in [-0.1, -0.05) is 30.0 Å². The summed E-state index contributed by atoms with van der Waals surface area (Å²) in [6.07, 6.45) is 3.67. The number of hydrogen-bond donors (Lipinski definition) is 3. The van der Waals surface area contributed by atoms with Gasteiger partial charge in [0, 0.05) is 0 Å². The summed E-state index contributed by atoms with van der Waals surface area (Å²) in [6.45, 7) is 0. The largest absolute Gasteiger partial charge is 0.504 e. The maximum atomic E-state index is 12.5. The molecule has 1 aromatic carbocycles. The molecule has 0 spiro atoms. The molecule has 1 fully saturated rings. The van der Waals surface area contributed by atoms with E-state index in [1.165, 1.54) is 36.0 Å². The number of benzene rings is 1. The smallest absolute Gasteiger partial charge is 0.326 e. The van der Waals surface area contributed by atoms with Crippen molar-refractivity contribution in [3.05, 3.63) is 28.7 Å². The van der Waals surface area contributed by atoms with Gasteiger partial charge in [-0.25, -0.2) is 4.79 Å². The Kier molecular flexibility index (Phi) is 6.14. The van der Waals surface area contributed by atoms with Crippen LogP contribution in [0, 0.1) is 0 Å². The van der Waals surface area contributed by atoms with Crippen molar-refractivity contribution in [3.63, 3.8) is 0 Å². The van der Waals surface area contributed by atoms with Gasteiger partial charge < -0.3 is 15.3 Å². The molecule has 1 saturated heterocycles. The molecule has 0 bridgehead atoms. The number of nitrogens with zero attached hydrogens (tertiary/aromatic N) is 1. The fourth-order valence-corrected chi connectivity index (χ4v) is 3.94. The molecule has 1 aliphatic heterocycles. The first kappa shape index (κ1) is 18.6. The van der Waals surface area contributed by atoms with Crippen LogP contribution in [0.5, 0.6) is 11.5 Å². The van der Waals surface area contributed by atoms with Gasteiger partial charge in [-0.05, 0) is 42.2 Å². The summed E-state index contributed by atoms with van der Waals surface area (Å²) in [6, 6.07) is 3.15. The monoisotopic (exact) mass is 385 g/mol. The standard InChI is InChI=1S/C15H15NO5S3/c1-23-5-4-9(14(20)21)16-13(19)12(24-15(16)22)7-8-2-3-10(17)11(18)6-8/h2-3,6-7,9,17-18H,4-5H2,1H3,(H,20,21)/b12-7+/t9-/m0/s1. The van der Waals surface area contributed by atoms with Crippen LogP contribution >= 0.6 is 35.7 Å². The van der Waals surface area contributed by atoms with Crippen LogP contribution in [-0.4, -0.2) is 54.5 Å². The molecular formula is C15H15NO5S3. The highest BCUT2D eigenvalue weighted by Gasteiger charge is 2.40. The van der Waals surface area contributed by atoms with Crippen LogP contribution in [0.3, 0.4) is 0 Å². The second-order valence-electron chi connectivity index (χ2n) is 4.94. The molecule has 0 aromatic heterocycles. The molecule has 1 amide bonds. The number of thiocarbonyl (C=S) groups is 1. The Balaban J connectivity index is 2.28. The number of phenols is 2. The SMILES string of the molecule is CSCC[C@@H](C(=O)O)N1C(=O)/C(=C\c2ccc(O)c(O)c2)SC1=S.